The molecule has 0 saturated heterocycles. The number of benzene rings is 3. The molecule has 0 aliphatic carbocycles. The molecule has 0 aromatic heterocycles. The Balaban J connectivity index is 1.76. The number of anilines is 2. The summed E-state index contributed by atoms with van der Waals surface area (Å²) in [5.41, 5.74) is 2.91. The monoisotopic (exact) mass is 492 g/mol. The van der Waals surface area contributed by atoms with Crippen LogP contribution in [0.25, 0.3) is 0 Å². The summed E-state index contributed by atoms with van der Waals surface area (Å²) in [7, 11) is -3.75. The molecule has 2 N–H and O–H groups in total. The highest BCUT2D eigenvalue weighted by Gasteiger charge is 2.18. The van der Waals surface area contributed by atoms with E-state index >= 15 is 0 Å². The minimum Gasteiger partial charge on any atom is -0.322 e. The fourth-order valence-electron chi connectivity index (χ4n) is 2.71. The number of alkyl halides is 1. The SMILES string of the molecule is Cc1cc(NC(=O)c2ccc(CCl)cc2)ccc1S(=O)(=O)Nc1ccc(Br)cc1. The van der Waals surface area contributed by atoms with Gasteiger partial charge in [-0.2, -0.15) is 0 Å². The molecule has 3 aromatic carbocycles. The van der Waals surface area contributed by atoms with Gasteiger partial charge in [0.2, 0.25) is 0 Å². The van der Waals surface area contributed by atoms with E-state index in [0.29, 0.717) is 28.4 Å². The first kappa shape index (κ1) is 21.4. The van der Waals surface area contributed by atoms with E-state index in [2.05, 4.69) is 26.0 Å². The van der Waals surface area contributed by atoms with Crippen LogP contribution in [0, 0.1) is 6.92 Å². The lowest BCUT2D eigenvalue weighted by molar-refractivity contribution is 0.102. The number of hydrogen-bond donors (Lipinski definition) is 2. The molecule has 0 atom stereocenters. The van der Waals surface area contributed by atoms with E-state index in [1.165, 1.54) is 6.07 Å². The molecule has 0 spiro atoms. The molecule has 5 nitrogen and oxygen atoms in total. The van der Waals surface area contributed by atoms with Crippen molar-refractivity contribution in [2.75, 3.05) is 10.0 Å². The Hall–Kier alpha value is -2.35. The highest BCUT2D eigenvalue weighted by molar-refractivity contribution is 9.10. The van der Waals surface area contributed by atoms with Crippen LogP contribution in [0.5, 0.6) is 0 Å². The van der Waals surface area contributed by atoms with Gasteiger partial charge in [-0.25, -0.2) is 8.42 Å². The molecule has 3 rings (SSSR count). The standard InChI is InChI=1S/C21H18BrClN2O3S/c1-14-12-19(24-21(26)16-4-2-15(13-23)3-5-16)10-11-20(14)29(27,28)25-18-8-6-17(22)7-9-18/h2-12,25H,13H2,1H3,(H,24,26). The molecule has 0 heterocycles. The number of sulfonamides is 1. The first-order chi connectivity index (χ1) is 13.8. The van der Waals surface area contributed by atoms with Crippen LogP contribution in [-0.4, -0.2) is 14.3 Å². The number of carbonyl (C=O) groups is 1. The second-order valence-corrected chi connectivity index (χ2v) is 9.21. The van der Waals surface area contributed by atoms with E-state index in [9.17, 15) is 13.2 Å². The molecule has 0 fully saturated rings. The van der Waals surface area contributed by atoms with Crippen molar-refractivity contribution in [3.05, 3.63) is 87.9 Å². The van der Waals surface area contributed by atoms with Crippen LogP contribution >= 0.6 is 27.5 Å². The predicted molar refractivity (Wildman–Crippen MR) is 120 cm³/mol. The van der Waals surface area contributed by atoms with E-state index in [1.807, 2.05) is 0 Å². The normalized spacial score (nSPS) is 11.1. The molecular formula is C21H18BrClN2O3S. The van der Waals surface area contributed by atoms with Crippen LogP contribution in [0.2, 0.25) is 0 Å². The van der Waals surface area contributed by atoms with Gasteiger partial charge in [-0.05, 0) is 72.6 Å². The lowest BCUT2D eigenvalue weighted by Gasteiger charge is -2.12. The number of nitrogens with one attached hydrogen (secondary N) is 2. The van der Waals surface area contributed by atoms with Crippen molar-refractivity contribution in [1.29, 1.82) is 0 Å². The van der Waals surface area contributed by atoms with Gasteiger partial charge in [0, 0.05) is 27.3 Å². The number of carbonyl (C=O) groups excluding carboxylic acids is 1. The summed E-state index contributed by atoms with van der Waals surface area (Å²) in [5.74, 6) is 0.0971. The van der Waals surface area contributed by atoms with Gasteiger partial charge in [0.25, 0.3) is 15.9 Å². The molecule has 0 radical (unpaired) electrons. The summed E-state index contributed by atoms with van der Waals surface area (Å²) >= 11 is 9.07. The smallest absolute Gasteiger partial charge is 0.262 e. The zero-order valence-electron chi connectivity index (χ0n) is 15.4. The van der Waals surface area contributed by atoms with Crippen molar-refractivity contribution in [2.45, 2.75) is 17.7 Å². The minimum atomic E-state index is -3.75. The fraction of sp³-hybridized carbons (Fsp3) is 0.0952. The molecule has 0 aliphatic rings. The lowest BCUT2D eigenvalue weighted by Crippen LogP contribution is -2.15. The van der Waals surface area contributed by atoms with Crippen LogP contribution in [0.1, 0.15) is 21.5 Å². The van der Waals surface area contributed by atoms with Gasteiger partial charge in [0.05, 0.1) is 4.90 Å². The molecule has 0 unspecified atom stereocenters. The van der Waals surface area contributed by atoms with Crippen molar-refractivity contribution in [3.8, 4) is 0 Å². The van der Waals surface area contributed by atoms with Crippen LogP contribution in [0.15, 0.2) is 76.1 Å². The zero-order chi connectivity index (χ0) is 21.0. The van der Waals surface area contributed by atoms with Gasteiger partial charge in [0.1, 0.15) is 0 Å². The molecule has 1 amide bonds. The molecule has 8 heteroatoms. The summed E-state index contributed by atoms with van der Waals surface area (Å²) in [6, 6.07) is 18.5. The average Bonchev–Trinajstić information content (AvgIpc) is 2.69. The fourth-order valence-corrected chi connectivity index (χ4v) is 4.43. The van der Waals surface area contributed by atoms with Gasteiger partial charge >= 0.3 is 0 Å². The highest BCUT2D eigenvalue weighted by atomic mass is 79.9. The Morgan fingerprint density at radius 2 is 1.59 bits per heavy atom. The largest absolute Gasteiger partial charge is 0.322 e. The van der Waals surface area contributed by atoms with Crippen LogP contribution in [0.3, 0.4) is 0 Å². The van der Waals surface area contributed by atoms with Gasteiger partial charge in [0.15, 0.2) is 0 Å². The zero-order valence-corrected chi connectivity index (χ0v) is 18.6. The van der Waals surface area contributed by atoms with Crippen LogP contribution < -0.4 is 10.0 Å². The van der Waals surface area contributed by atoms with Crippen molar-refractivity contribution >= 4 is 54.8 Å². The third kappa shape index (κ3) is 5.38. The van der Waals surface area contributed by atoms with Crippen molar-refractivity contribution < 1.29 is 13.2 Å². The van der Waals surface area contributed by atoms with Crippen molar-refractivity contribution in [2.24, 2.45) is 0 Å². The molecule has 3 aromatic rings. The summed E-state index contributed by atoms with van der Waals surface area (Å²) in [6.45, 7) is 1.68. The van der Waals surface area contributed by atoms with Gasteiger partial charge in [-0.1, -0.05) is 28.1 Å². The maximum Gasteiger partial charge on any atom is 0.262 e. The maximum atomic E-state index is 12.7. The van der Waals surface area contributed by atoms with Crippen LogP contribution in [0.4, 0.5) is 11.4 Å². The first-order valence-corrected chi connectivity index (χ1v) is 11.4. The van der Waals surface area contributed by atoms with E-state index in [4.69, 9.17) is 11.6 Å². The third-order valence-corrected chi connectivity index (χ3v) is 6.57. The molecular weight excluding hydrogens is 476 g/mol. The first-order valence-electron chi connectivity index (χ1n) is 8.64. The molecule has 0 saturated carbocycles. The Labute approximate surface area is 183 Å². The number of aryl methyl sites for hydroxylation is 1. The number of rotatable bonds is 6. The second-order valence-electron chi connectivity index (χ2n) is 6.38. The number of hydrogen-bond acceptors (Lipinski definition) is 3. The molecule has 150 valence electrons. The second kappa shape index (κ2) is 8.98. The Bertz CT molecular complexity index is 1130. The Morgan fingerprint density at radius 3 is 2.17 bits per heavy atom. The Morgan fingerprint density at radius 1 is 0.966 bits per heavy atom. The summed E-state index contributed by atoms with van der Waals surface area (Å²) in [6.07, 6.45) is 0. The summed E-state index contributed by atoms with van der Waals surface area (Å²) in [4.78, 5) is 12.5. The quantitative estimate of drug-likeness (QED) is 0.442. The Kier molecular flexibility index (Phi) is 6.62. The minimum absolute atomic E-state index is 0.143. The van der Waals surface area contributed by atoms with E-state index in [-0.39, 0.29) is 10.8 Å². The van der Waals surface area contributed by atoms with Gasteiger partial charge < -0.3 is 5.32 Å². The summed E-state index contributed by atoms with van der Waals surface area (Å²) in [5, 5.41) is 2.78. The molecule has 29 heavy (non-hydrogen) atoms. The number of halogens is 2. The van der Waals surface area contributed by atoms with Crippen molar-refractivity contribution in [3.63, 3.8) is 0 Å². The predicted octanol–water partition coefficient (Wildman–Crippen LogP) is 5.55. The van der Waals surface area contributed by atoms with E-state index in [1.54, 1.807) is 67.6 Å². The van der Waals surface area contributed by atoms with Gasteiger partial charge in [-0.3, -0.25) is 9.52 Å². The summed E-state index contributed by atoms with van der Waals surface area (Å²) < 4.78 is 28.8. The third-order valence-electron chi connectivity index (χ3n) is 4.19. The number of amides is 1. The highest BCUT2D eigenvalue weighted by Crippen LogP contribution is 2.24. The van der Waals surface area contributed by atoms with Crippen LogP contribution in [-0.2, 0) is 15.9 Å². The maximum absolute atomic E-state index is 12.7. The molecule has 0 bridgehead atoms. The van der Waals surface area contributed by atoms with E-state index < -0.39 is 10.0 Å². The topological polar surface area (TPSA) is 75.3 Å². The van der Waals surface area contributed by atoms with E-state index in [0.717, 1.165) is 10.0 Å². The average molecular weight is 494 g/mol. The van der Waals surface area contributed by atoms with Crippen molar-refractivity contribution in [1.82, 2.24) is 0 Å². The van der Waals surface area contributed by atoms with Gasteiger partial charge in [-0.15, -0.1) is 11.6 Å². The molecule has 0 aliphatic heterocycles. The lowest BCUT2D eigenvalue weighted by atomic mass is 10.1.